The van der Waals surface area contributed by atoms with Crippen molar-refractivity contribution in [1.82, 2.24) is 10.2 Å². The molecular formula is C22H24N2O4. The molecule has 28 heavy (non-hydrogen) atoms. The van der Waals surface area contributed by atoms with Crippen molar-refractivity contribution >= 4 is 17.7 Å². The summed E-state index contributed by atoms with van der Waals surface area (Å²) in [6.45, 7) is 7.46. The molecule has 1 atom stereocenters. The first-order chi connectivity index (χ1) is 13.3. The first-order valence-corrected chi connectivity index (χ1v) is 9.24. The van der Waals surface area contributed by atoms with Gasteiger partial charge in [0.15, 0.2) is 5.78 Å². The van der Waals surface area contributed by atoms with Crippen LogP contribution in [0.3, 0.4) is 0 Å². The molecule has 1 aliphatic rings. The summed E-state index contributed by atoms with van der Waals surface area (Å²) >= 11 is 0. The van der Waals surface area contributed by atoms with E-state index in [2.05, 4.69) is 5.32 Å². The van der Waals surface area contributed by atoms with Gasteiger partial charge in [-0.25, -0.2) is 4.79 Å². The maximum atomic E-state index is 13.2. The molecule has 2 aromatic carbocycles. The van der Waals surface area contributed by atoms with Crippen LogP contribution in [0, 0.1) is 6.92 Å². The van der Waals surface area contributed by atoms with Crippen LogP contribution in [0.25, 0.3) is 0 Å². The second-order valence-corrected chi connectivity index (χ2v) is 7.12. The van der Waals surface area contributed by atoms with Gasteiger partial charge >= 0.3 is 6.03 Å². The number of benzene rings is 2. The van der Waals surface area contributed by atoms with Crippen molar-refractivity contribution in [1.29, 1.82) is 0 Å². The fourth-order valence-electron chi connectivity index (χ4n) is 3.31. The average Bonchev–Trinajstić information content (AvgIpc) is 2.87. The summed E-state index contributed by atoms with van der Waals surface area (Å²) < 4.78 is 5.62. The molecule has 6 heteroatoms. The number of nitrogens with zero attached hydrogens (tertiary/aromatic N) is 1. The molecule has 1 aliphatic heterocycles. The topological polar surface area (TPSA) is 75.7 Å². The Morgan fingerprint density at radius 2 is 1.82 bits per heavy atom. The van der Waals surface area contributed by atoms with E-state index in [0.717, 1.165) is 11.1 Å². The molecule has 0 aliphatic carbocycles. The largest absolute Gasteiger partial charge is 0.494 e. The maximum Gasteiger partial charge on any atom is 0.325 e. The second-order valence-electron chi connectivity index (χ2n) is 7.12. The van der Waals surface area contributed by atoms with Crippen molar-refractivity contribution in [3.8, 4) is 5.75 Å². The Morgan fingerprint density at radius 1 is 1.14 bits per heavy atom. The van der Waals surface area contributed by atoms with E-state index in [1.54, 1.807) is 25.1 Å². The summed E-state index contributed by atoms with van der Waals surface area (Å²) in [4.78, 5) is 38.7. The van der Waals surface area contributed by atoms with E-state index in [9.17, 15) is 14.4 Å². The van der Waals surface area contributed by atoms with Gasteiger partial charge in [0.2, 0.25) is 0 Å². The molecule has 1 heterocycles. The fourth-order valence-corrected chi connectivity index (χ4v) is 3.31. The van der Waals surface area contributed by atoms with Gasteiger partial charge in [-0.1, -0.05) is 29.8 Å². The lowest BCUT2D eigenvalue weighted by molar-refractivity contribution is -0.131. The number of hydrogen-bond acceptors (Lipinski definition) is 4. The molecule has 0 saturated carbocycles. The Morgan fingerprint density at radius 3 is 2.43 bits per heavy atom. The third-order valence-corrected chi connectivity index (χ3v) is 5.00. The first kappa shape index (κ1) is 19.6. The molecule has 3 amide bonds. The number of carbonyl (C=O) groups excluding carboxylic acids is 3. The standard InChI is InChI=1S/C22H24N2O4/c1-5-28-19-11-8-16(15(3)25)12-17(19)13-24-20(26)22(4,23-21(24)27)18-9-6-14(2)7-10-18/h6-12H,5,13H2,1-4H3,(H,23,27)/t22-/m0/s1. The zero-order valence-corrected chi connectivity index (χ0v) is 16.5. The molecule has 6 nitrogen and oxygen atoms in total. The van der Waals surface area contributed by atoms with Gasteiger partial charge in [-0.3, -0.25) is 14.5 Å². The predicted molar refractivity (Wildman–Crippen MR) is 105 cm³/mol. The Balaban J connectivity index is 1.93. The molecule has 1 N–H and O–H groups in total. The maximum absolute atomic E-state index is 13.2. The van der Waals surface area contributed by atoms with E-state index in [0.29, 0.717) is 23.5 Å². The summed E-state index contributed by atoms with van der Waals surface area (Å²) in [7, 11) is 0. The number of rotatable bonds is 6. The summed E-state index contributed by atoms with van der Waals surface area (Å²) in [5.74, 6) is 0.125. The molecular weight excluding hydrogens is 356 g/mol. The molecule has 2 aromatic rings. The van der Waals surface area contributed by atoms with Crippen LogP contribution in [-0.2, 0) is 16.9 Å². The highest BCUT2D eigenvalue weighted by atomic mass is 16.5. The SMILES string of the molecule is CCOc1ccc(C(C)=O)cc1CN1C(=O)N[C@@](C)(c2ccc(C)cc2)C1=O. The first-order valence-electron chi connectivity index (χ1n) is 9.24. The molecule has 0 aromatic heterocycles. The number of aryl methyl sites for hydroxylation is 1. The van der Waals surface area contributed by atoms with Crippen LogP contribution in [0.5, 0.6) is 5.75 Å². The highest BCUT2D eigenvalue weighted by Crippen LogP contribution is 2.31. The van der Waals surface area contributed by atoms with Crippen LogP contribution >= 0.6 is 0 Å². The van der Waals surface area contributed by atoms with Crippen LogP contribution < -0.4 is 10.1 Å². The molecule has 146 valence electrons. The van der Waals surface area contributed by atoms with Gasteiger partial charge in [0, 0.05) is 11.1 Å². The van der Waals surface area contributed by atoms with Crippen molar-refractivity contribution < 1.29 is 19.1 Å². The molecule has 0 spiro atoms. The number of hydrogen-bond donors (Lipinski definition) is 1. The number of ketones is 1. The van der Waals surface area contributed by atoms with Gasteiger partial charge in [-0.05, 0) is 51.5 Å². The number of Topliss-reactive ketones (excluding diaryl/α,β-unsaturated/α-hetero) is 1. The summed E-state index contributed by atoms with van der Waals surface area (Å²) in [6, 6.07) is 12.1. The van der Waals surface area contributed by atoms with E-state index >= 15 is 0 Å². The lowest BCUT2D eigenvalue weighted by Gasteiger charge is -2.23. The van der Waals surface area contributed by atoms with E-state index < -0.39 is 11.6 Å². The van der Waals surface area contributed by atoms with Crippen molar-refractivity contribution in [3.05, 3.63) is 64.7 Å². The molecule has 1 saturated heterocycles. The molecule has 1 fully saturated rings. The summed E-state index contributed by atoms with van der Waals surface area (Å²) in [5.41, 5.74) is 1.79. The van der Waals surface area contributed by atoms with E-state index in [1.807, 2.05) is 38.1 Å². The van der Waals surface area contributed by atoms with Crippen LogP contribution in [0.2, 0.25) is 0 Å². The van der Waals surface area contributed by atoms with Crippen LogP contribution in [-0.4, -0.2) is 29.2 Å². The van der Waals surface area contributed by atoms with Crippen molar-refractivity contribution in [3.63, 3.8) is 0 Å². The molecule has 3 rings (SSSR count). The highest BCUT2D eigenvalue weighted by Gasteiger charge is 2.49. The Bertz CT molecular complexity index is 936. The Hall–Kier alpha value is -3.15. The Kier molecular flexibility index (Phi) is 5.23. The molecule has 0 unspecified atom stereocenters. The van der Waals surface area contributed by atoms with Crippen LogP contribution in [0.15, 0.2) is 42.5 Å². The van der Waals surface area contributed by atoms with E-state index in [4.69, 9.17) is 4.74 Å². The van der Waals surface area contributed by atoms with Gasteiger partial charge in [-0.2, -0.15) is 0 Å². The van der Waals surface area contributed by atoms with E-state index in [-0.39, 0.29) is 18.2 Å². The summed E-state index contributed by atoms with van der Waals surface area (Å²) in [5, 5.41) is 2.80. The third kappa shape index (κ3) is 3.50. The lowest BCUT2D eigenvalue weighted by Crippen LogP contribution is -2.40. The van der Waals surface area contributed by atoms with Crippen molar-refractivity contribution in [2.45, 2.75) is 39.8 Å². The second kappa shape index (κ2) is 7.46. The average molecular weight is 380 g/mol. The number of imide groups is 1. The molecule has 0 radical (unpaired) electrons. The number of ether oxygens (including phenoxy) is 1. The van der Waals surface area contributed by atoms with Crippen LogP contribution in [0.4, 0.5) is 4.79 Å². The monoisotopic (exact) mass is 380 g/mol. The highest BCUT2D eigenvalue weighted by molar-refractivity contribution is 6.07. The minimum Gasteiger partial charge on any atom is -0.494 e. The number of urea groups is 1. The fraction of sp³-hybridized carbons (Fsp3) is 0.318. The minimum atomic E-state index is -1.13. The predicted octanol–water partition coefficient (Wildman–Crippen LogP) is 3.56. The van der Waals surface area contributed by atoms with Crippen molar-refractivity contribution in [2.75, 3.05) is 6.61 Å². The number of nitrogens with one attached hydrogen (secondary N) is 1. The van der Waals surface area contributed by atoms with Gasteiger partial charge in [0.1, 0.15) is 11.3 Å². The minimum absolute atomic E-state index is 0.0303. The Labute approximate surface area is 164 Å². The van der Waals surface area contributed by atoms with Crippen molar-refractivity contribution in [2.24, 2.45) is 0 Å². The quantitative estimate of drug-likeness (QED) is 0.614. The van der Waals surface area contributed by atoms with Gasteiger partial charge < -0.3 is 10.1 Å². The van der Waals surface area contributed by atoms with Gasteiger partial charge in [0.25, 0.3) is 5.91 Å². The van der Waals surface area contributed by atoms with Gasteiger partial charge in [0.05, 0.1) is 13.2 Å². The molecule has 0 bridgehead atoms. The number of carbonyl (C=O) groups is 3. The zero-order chi connectivity index (χ0) is 20.5. The smallest absolute Gasteiger partial charge is 0.325 e. The third-order valence-electron chi connectivity index (χ3n) is 5.00. The van der Waals surface area contributed by atoms with Crippen LogP contribution in [0.1, 0.15) is 47.8 Å². The normalized spacial score (nSPS) is 18.9. The number of amides is 3. The van der Waals surface area contributed by atoms with Gasteiger partial charge in [-0.15, -0.1) is 0 Å². The lowest BCUT2D eigenvalue weighted by atomic mass is 9.91. The van der Waals surface area contributed by atoms with E-state index in [1.165, 1.54) is 11.8 Å². The zero-order valence-electron chi connectivity index (χ0n) is 16.5. The summed E-state index contributed by atoms with van der Waals surface area (Å²) in [6.07, 6.45) is 0.